The van der Waals surface area contributed by atoms with Gasteiger partial charge in [-0.1, -0.05) is 24.3 Å². The van der Waals surface area contributed by atoms with Gasteiger partial charge in [0.2, 0.25) is 5.91 Å². The van der Waals surface area contributed by atoms with Gasteiger partial charge in [-0.15, -0.1) is 0 Å². The maximum Gasteiger partial charge on any atom is 0.246 e. The van der Waals surface area contributed by atoms with Crippen molar-refractivity contribution in [2.45, 2.75) is 38.8 Å². The van der Waals surface area contributed by atoms with Crippen LogP contribution in [0.5, 0.6) is 0 Å². The van der Waals surface area contributed by atoms with E-state index >= 15 is 0 Å². The van der Waals surface area contributed by atoms with Crippen molar-refractivity contribution < 1.29 is 9.53 Å². The van der Waals surface area contributed by atoms with Crippen LogP contribution in [0.2, 0.25) is 0 Å². The van der Waals surface area contributed by atoms with Gasteiger partial charge in [0.15, 0.2) is 0 Å². The van der Waals surface area contributed by atoms with Gasteiger partial charge in [0, 0.05) is 0 Å². The molecule has 1 aromatic carbocycles. The van der Waals surface area contributed by atoms with Gasteiger partial charge < -0.3 is 15.4 Å². The molecule has 1 saturated heterocycles. The van der Waals surface area contributed by atoms with E-state index in [0.717, 1.165) is 31.5 Å². The third-order valence-corrected chi connectivity index (χ3v) is 3.77. The van der Waals surface area contributed by atoms with Gasteiger partial charge in [0.25, 0.3) is 0 Å². The van der Waals surface area contributed by atoms with E-state index in [0.29, 0.717) is 0 Å². The normalized spacial score (nSPS) is 17.7. The lowest BCUT2D eigenvalue weighted by atomic mass is 10.0. The van der Waals surface area contributed by atoms with E-state index in [1.165, 1.54) is 5.56 Å². The number of ether oxygens (including phenoxy) is 1. The molecular formula is C16H24N2O2. The van der Waals surface area contributed by atoms with Gasteiger partial charge in [-0.05, 0) is 50.9 Å². The molecule has 1 fully saturated rings. The van der Waals surface area contributed by atoms with Crippen LogP contribution in [0.4, 0.5) is 0 Å². The molecule has 0 aromatic heterocycles. The number of piperidine rings is 1. The molecule has 2 N–H and O–H groups in total. The molecule has 2 rings (SSSR count). The van der Waals surface area contributed by atoms with Gasteiger partial charge >= 0.3 is 0 Å². The van der Waals surface area contributed by atoms with Crippen LogP contribution >= 0.6 is 0 Å². The second kappa shape index (κ2) is 7.41. The minimum Gasteiger partial charge on any atom is -0.368 e. The number of amides is 1. The Hall–Kier alpha value is -1.39. The first-order valence-corrected chi connectivity index (χ1v) is 7.34. The summed E-state index contributed by atoms with van der Waals surface area (Å²) in [7, 11) is 0. The average molecular weight is 276 g/mol. The maximum atomic E-state index is 11.9. The maximum absolute atomic E-state index is 11.9. The molecule has 1 aliphatic heterocycles. The average Bonchev–Trinajstić information content (AvgIpc) is 2.46. The van der Waals surface area contributed by atoms with Crippen molar-refractivity contribution >= 4 is 5.91 Å². The number of carbonyl (C=O) groups is 1. The fourth-order valence-corrected chi connectivity index (χ4v) is 2.59. The summed E-state index contributed by atoms with van der Waals surface area (Å²) in [6.45, 7) is 6.17. The van der Waals surface area contributed by atoms with Gasteiger partial charge in [0.1, 0.15) is 6.61 Å². The molecule has 1 aliphatic rings. The second-order valence-electron chi connectivity index (χ2n) is 5.41. The topological polar surface area (TPSA) is 50.4 Å². The van der Waals surface area contributed by atoms with Crippen LogP contribution in [0.15, 0.2) is 24.3 Å². The number of aryl methyl sites for hydroxylation is 1. The predicted molar refractivity (Wildman–Crippen MR) is 79.6 cm³/mol. The van der Waals surface area contributed by atoms with Crippen LogP contribution in [0, 0.1) is 6.92 Å². The summed E-state index contributed by atoms with van der Waals surface area (Å²) in [5.41, 5.74) is 2.35. The van der Waals surface area contributed by atoms with Gasteiger partial charge in [-0.25, -0.2) is 0 Å². The Morgan fingerprint density at radius 1 is 1.40 bits per heavy atom. The molecule has 20 heavy (non-hydrogen) atoms. The van der Waals surface area contributed by atoms with Crippen LogP contribution in [-0.2, 0) is 9.53 Å². The third kappa shape index (κ3) is 4.32. The van der Waals surface area contributed by atoms with Crippen molar-refractivity contribution in [2.24, 2.45) is 0 Å². The third-order valence-electron chi connectivity index (χ3n) is 3.77. The lowest BCUT2D eigenvalue weighted by Gasteiger charge is -2.23. The predicted octanol–water partition coefficient (Wildman–Crippen LogP) is 1.94. The standard InChI is InChI=1S/C16H24N2O2/c1-12-5-3-4-6-15(12)13(2)18-16(19)11-20-14-7-9-17-10-8-14/h3-6,13-14,17H,7-11H2,1-2H3,(H,18,19)/t13-/m0/s1. The van der Waals surface area contributed by atoms with Crippen molar-refractivity contribution in [1.82, 2.24) is 10.6 Å². The molecule has 0 bridgehead atoms. The highest BCUT2D eigenvalue weighted by atomic mass is 16.5. The fraction of sp³-hybridized carbons (Fsp3) is 0.562. The zero-order valence-corrected chi connectivity index (χ0v) is 12.3. The van der Waals surface area contributed by atoms with Crippen molar-refractivity contribution in [1.29, 1.82) is 0 Å². The number of hydrogen-bond acceptors (Lipinski definition) is 3. The lowest BCUT2D eigenvalue weighted by molar-refractivity contribution is -0.128. The first kappa shape index (κ1) is 15.0. The van der Waals surface area contributed by atoms with E-state index in [4.69, 9.17) is 4.74 Å². The van der Waals surface area contributed by atoms with Gasteiger partial charge in [0.05, 0.1) is 12.1 Å². The van der Waals surface area contributed by atoms with Crippen molar-refractivity contribution in [2.75, 3.05) is 19.7 Å². The SMILES string of the molecule is Cc1ccccc1[C@H](C)NC(=O)COC1CCNCC1. The number of nitrogens with one attached hydrogen (secondary N) is 2. The van der Waals surface area contributed by atoms with Crippen LogP contribution in [0.25, 0.3) is 0 Å². The largest absolute Gasteiger partial charge is 0.368 e. The number of rotatable bonds is 5. The summed E-state index contributed by atoms with van der Waals surface area (Å²) in [6.07, 6.45) is 2.19. The number of hydrogen-bond donors (Lipinski definition) is 2. The smallest absolute Gasteiger partial charge is 0.246 e. The summed E-state index contributed by atoms with van der Waals surface area (Å²) in [5, 5.41) is 6.28. The molecule has 0 saturated carbocycles. The fourth-order valence-electron chi connectivity index (χ4n) is 2.59. The highest BCUT2D eigenvalue weighted by molar-refractivity contribution is 5.77. The summed E-state index contributed by atoms with van der Waals surface area (Å²) >= 11 is 0. The summed E-state index contributed by atoms with van der Waals surface area (Å²) < 4.78 is 5.66. The minimum absolute atomic E-state index is 0.0142. The van der Waals surface area contributed by atoms with Crippen molar-refractivity contribution in [3.05, 3.63) is 35.4 Å². The highest BCUT2D eigenvalue weighted by Crippen LogP contribution is 2.16. The summed E-state index contributed by atoms with van der Waals surface area (Å²) in [6, 6.07) is 8.13. The van der Waals surface area contributed by atoms with Crippen molar-refractivity contribution in [3.63, 3.8) is 0 Å². The Morgan fingerprint density at radius 3 is 2.80 bits per heavy atom. The molecule has 1 heterocycles. The summed E-state index contributed by atoms with van der Waals surface area (Å²) in [5.74, 6) is -0.0423. The molecule has 1 aromatic rings. The van der Waals surface area contributed by atoms with Gasteiger partial charge in [-0.3, -0.25) is 4.79 Å². The molecular weight excluding hydrogens is 252 g/mol. The highest BCUT2D eigenvalue weighted by Gasteiger charge is 2.16. The molecule has 1 atom stereocenters. The summed E-state index contributed by atoms with van der Waals surface area (Å²) in [4.78, 5) is 11.9. The number of benzene rings is 1. The second-order valence-corrected chi connectivity index (χ2v) is 5.41. The van der Waals surface area contributed by atoms with Crippen LogP contribution in [-0.4, -0.2) is 31.7 Å². The van der Waals surface area contributed by atoms with E-state index in [-0.39, 0.29) is 24.7 Å². The number of carbonyl (C=O) groups excluding carboxylic acids is 1. The Morgan fingerprint density at radius 2 is 2.10 bits per heavy atom. The van der Waals surface area contributed by atoms with E-state index in [1.807, 2.05) is 25.1 Å². The Labute approximate surface area is 120 Å². The quantitative estimate of drug-likeness (QED) is 0.864. The van der Waals surface area contributed by atoms with E-state index in [1.54, 1.807) is 0 Å². The monoisotopic (exact) mass is 276 g/mol. The molecule has 0 unspecified atom stereocenters. The minimum atomic E-state index is -0.0423. The van der Waals surface area contributed by atoms with E-state index in [9.17, 15) is 4.79 Å². The molecule has 4 nitrogen and oxygen atoms in total. The van der Waals surface area contributed by atoms with Crippen molar-refractivity contribution in [3.8, 4) is 0 Å². The molecule has 0 radical (unpaired) electrons. The van der Waals surface area contributed by atoms with Crippen LogP contribution in [0.3, 0.4) is 0 Å². The Bertz CT molecular complexity index is 442. The molecule has 110 valence electrons. The molecule has 1 amide bonds. The van der Waals surface area contributed by atoms with E-state index in [2.05, 4.69) is 23.6 Å². The molecule has 4 heteroatoms. The van der Waals surface area contributed by atoms with Crippen LogP contribution in [0.1, 0.15) is 36.9 Å². The van der Waals surface area contributed by atoms with Gasteiger partial charge in [-0.2, -0.15) is 0 Å². The zero-order chi connectivity index (χ0) is 14.4. The zero-order valence-electron chi connectivity index (χ0n) is 12.3. The Balaban J connectivity index is 1.77. The Kier molecular flexibility index (Phi) is 5.56. The lowest BCUT2D eigenvalue weighted by Crippen LogP contribution is -2.36. The molecule has 0 spiro atoms. The first-order valence-electron chi connectivity index (χ1n) is 7.34. The molecule has 0 aliphatic carbocycles. The van der Waals surface area contributed by atoms with E-state index < -0.39 is 0 Å². The first-order chi connectivity index (χ1) is 9.66. The van der Waals surface area contributed by atoms with Crippen LogP contribution < -0.4 is 10.6 Å².